The number of anilines is 1. The summed E-state index contributed by atoms with van der Waals surface area (Å²) in [7, 11) is 0. The topological polar surface area (TPSA) is 89.2 Å². The van der Waals surface area contributed by atoms with Crippen molar-refractivity contribution in [1.82, 2.24) is 0 Å². The lowest BCUT2D eigenvalue weighted by atomic mass is 9.99. The minimum Gasteiger partial charge on any atom is -0.507 e. The molecule has 4 rings (SSSR count). The largest absolute Gasteiger partial charge is 0.507 e. The van der Waals surface area contributed by atoms with E-state index in [1.807, 2.05) is 27.7 Å². The Morgan fingerprint density at radius 3 is 2.37 bits per heavy atom. The van der Waals surface area contributed by atoms with Gasteiger partial charge in [0.2, 0.25) is 0 Å². The van der Waals surface area contributed by atoms with Gasteiger partial charge in [0.1, 0.15) is 29.1 Å². The number of furan rings is 1. The lowest BCUT2D eigenvalue weighted by Crippen LogP contribution is -2.29. The molecule has 1 amide bonds. The van der Waals surface area contributed by atoms with Crippen LogP contribution < -0.4 is 14.4 Å². The van der Waals surface area contributed by atoms with Crippen LogP contribution in [-0.4, -0.2) is 29.5 Å². The Kier molecular flexibility index (Phi) is 6.96. The summed E-state index contributed by atoms with van der Waals surface area (Å²) in [5.41, 5.74) is 0.813. The van der Waals surface area contributed by atoms with Crippen molar-refractivity contribution < 1.29 is 28.6 Å². The molecule has 1 fully saturated rings. The lowest BCUT2D eigenvalue weighted by Gasteiger charge is -2.23. The van der Waals surface area contributed by atoms with E-state index in [1.165, 1.54) is 11.2 Å². The summed E-state index contributed by atoms with van der Waals surface area (Å²) < 4.78 is 17.1. The van der Waals surface area contributed by atoms with Gasteiger partial charge in [-0.05, 0) is 68.3 Å². The number of hydrogen-bond donors (Lipinski definition) is 1. The normalized spacial score (nSPS) is 17.4. The van der Waals surface area contributed by atoms with E-state index < -0.39 is 17.7 Å². The van der Waals surface area contributed by atoms with Crippen LogP contribution in [0.1, 0.15) is 45.1 Å². The van der Waals surface area contributed by atoms with E-state index in [-0.39, 0.29) is 17.4 Å². The van der Waals surface area contributed by atoms with E-state index in [0.717, 1.165) is 0 Å². The third-order valence-electron chi connectivity index (χ3n) is 5.43. The Morgan fingerprint density at radius 1 is 1.00 bits per heavy atom. The SMILES string of the molecule is CC(C)COc1cccc(/C(O)=C2/C(=O)C(=O)N(c3ccc(OC(C)C)cc3)C2c2ccco2)c1. The molecule has 2 heterocycles. The second kappa shape index (κ2) is 10.1. The number of ketones is 1. The average Bonchev–Trinajstić information content (AvgIpc) is 3.45. The maximum absolute atomic E-state index is 13.2. The summed E-state index contributed by atoms with van der Waals surface area (Å²) in [6.45, 7) is 8.43. The number of rotatable bonds is 8. The summed E-state index contributed by atoms with van der Waals surface area (Å²) in [4.78, 5) is 27.8. The molecule has 0 bridgehead atoms. The number of aliphatic hydroxyl groups is 1. The molecule has 1 saturated heterocycles. The molecule has 3 aromatic rings. The maximum Gasteiger partial charge on any atom is 0.300 e. The minimum absolute atomic E-state index is 0.00141. The third-order valence-corrected chi connectivity index (χ3v) is 5.43. The van der Waals surface area contributed by atoms with Crippen LogP contribution in [0.4, 0.5) is 5.69 Å². The highest BCUT2D eigenvalue weighted by molar-refractivity contribution is 6.51. The molecule has 7 heteroatoms. The smallest absolute Gasteiger partial charge is 0.300 e. The van der Waals surface area contributed by atoms with Crippen molar-refractivity contribution in [2.75, 3.05) is 11.5 Å². The van der Waals surface area contributed by atoms with Gasteiger partial charge in [-0.25, -0.2) is 0 Å². The van der Waals surface area contributed by atoms with Gasteiger partial charge in [-0.1, -0.05) is 26.0 Å². The van der Waals surface area contributed by atoms with Crippen LogP contribution in [0.5, 0.6) is 11.5 Å². The fraction of sp³-hybridized carbons (Fsp3) is 0.286. The highest BCUT2D eigenvalue weighted by atomic mass is 16.5. The average molecular weight is 476 g/mol. The van der Waals surface area contributed by atoms with Crippen LogP contribution in [0.3, 0.4) is 0 Å². The number of Topliss-reactive ketones (excluding diaryl/α,β-unsaturated/α-hetero) is 1. The van der Waals surface area contributed by atoms with Gasteiger partial charge in [0.25, 0.3) is 11.7 Å². The van der Waals surface area contributed by atoms with E-state index in [9.17, 15) is 14.7 Å². The van der Waals surface area contributed by atoms with Crippen molar-refractivity contribution in [2.24, 2.45) is 5.92 Å². The molecule has 1 N–H and O–H groups in total. The first-order valence-corrected chi connectivity index (χ1v) is 11.6. The zero-order valence-corrected chi connectivity index (χ0v) is 20.2. The standard InChI is InChI=1S/C28H29NO6/c1-17(2)16-34-22-8-5-7-19(15-22)26(30)24-25(23-9-6-14-33-23)29(28(32)27(24)31)20-10-12-21(13-11-20)35-18(3)4/h5-15,17-18,25,30H,16H2,1-4H3/b26-24-. The summed E-state index contributed by atoms with van der Waals surface area (Å²) in [6.07, 6.45) is 1.47. The molecule has 1 atom stereocenters. The molecular weight excluding hydrogens is 446 g/mol. The predicted octanol–water partition coefficient (Wildman–Crippen LogP) is 5.73. The van der Waals surface area contributed by atoms with E-state index in [4.69, 9.17) is 13.9 Å². The molecule has 7 nitrogen and oxygen atoms in total. The summed E-state index contributed by atoms with van der Waals surface area (Å²) in [5.74, 6) is 0.0642. The lowest BCUT2D eigenvalue weighted by molar-refractivity contribution is -0.132. The monoisotopic (exact) mass is 475 g/mol. The van der Waals surface area contributed by atoms with Crippen molar-refractivity contribution in [3.05, 3.63) is 83.8 Å². The highest BCUT2D eigenvalue weighted by Gasteiger charge is 2.48. The summed E-state index contributed by atoms with van der Waals surface area (Å²) in [5, 5.41) is 11.3. The van der Waals surface area contributed by atoms with Crippen LogP contribution in [0.25, 0.3) is 5.76 Å². The quantitative estimate of drug-likeness (QED) is 0.254. The first-order chi connectivity index (χ1) is 16.8. The number of hydrogen-bond acceptors (Lipinski definition) is 6. The number of aliphatic hydroxyl groups excluding tert-OH is 1. The van der Waals surface area contributed by atoms with Gasteiger partial charge in [0.05, 0.1) is 24.5 Å². The van der Waals surface area contributed by atoms with Crippen LogP contribution >= 0.6 is 0 Å². The van der Waals surface area contributed by atoms with Gasteiger partial charge in [-0.15, -0.1) is 0 Å². The Labute approximate surface area is 204 Å². The van der Waals surface area contributed by atoms with Crippen molar-refractivity contribution in [3.8, 4) is 11.5 Å². The van der Waals surface area contributed by atoms with Crippen molar-refractivity contribution >= 4 is 23.1 Å². The third kappa shape index (κ3) is 5.09. The molecule has 182 valence electrons. The van der Waals surface area contributed by atoms with Gasteiger partial charge < -0.3 is 19.0 Å². The maximum atomic E-state index is 13.2. The first kappa shape index (κ1) is 24.1. The van der Waals surface area contributed by atoms with Crippen molar-refractivity contribution in [3.63, 3.8) is 0 Å². The second-order valence-corrected chi connectivity index (χ2v) is 9.08. The number of nitrogens with zero attached hydrogens (tertiary/aromatic N) is 1. The van der Waals surface area contributed by atoms with Gasteiger partial charge in [0, 0.05) is 11.3 Å². The van der Waals surface area contributed by atoms with Crippen LogP contribution in [-0.2, 0) is 9.59 Å². The molecule has 1 unspecified atom stereocenters. The van der Waals surface area contributed by atoms with Crippen LogP contribution in [0, 0.1) is 5.92 Å². The summed E-state index contributed by atoms with van der Waals surface area (Å²) >= 11 is 0. The Balaban J connectivity index is 1.77. The highest BCUT2D eigenvalue weighted by Crippen LogP contribution is 2.42. The van der Waals surface area contributed by atoms with Gasteiger partial charge in [0.15, 0.2) is 0 Å². The number of carbonyl (C=O) groups excluding carboxylic acids is 2. The van der Waals surface area contributed by atoms with Crippen LogP contribution in [0.2, 0.25) is 0 Å². The molecule has 1 aliphatic rings. The van der Waals surface area contributed by atoms with E-state index >= 15 is 0 Å². The Morgan fingerprint density at radius 2 is 1.74 bits per heavy atom. The molecule has 0 saturated carbocycles. The Bertz CT molecular complexity index is 1220. The molecule has 1 aliphatic heterocycles. The van der Waals surface area contributed by atoms with E-state index in [0.29, 0.717) is 41.0 Å². The number of ether oxygens (including phenoxy) is 2. The van der Waals surface area contributed by atoms with Gasteiger partial charge in [-0.2, -0.15) is 0 Å². The Hall–Kier alpha value is -4.00. The molecule has 0 radical (unpaired) electrons. The summed E-state index contributed by atoms with van der Waals surface area (Å²) in [6, 6.07) is 16.2. The minimum atomic E-state index is -0.929. The number of carbonyl (C=O) groups is 2. The molecule has 35 heavy (non-hydrogen) atoms. The van der Waals surface area contributed by atoms with E-state index in [2.05, 4.69) is 0 Å². The predicted molar refractivity (Wildman–Crippen MR) is 132 cm³/mol. The molecule has 1 aromatic heterocycles. The van der Waals surface area contributed by atoms with Gasteiger partial charge >= 0.3 is 0 Å². The van der Waals surface area contributed by atoms with Crippen molar-refractivity contribution in [2.45, 2.75) is 39.8 Å². The zero-order chi connectivity index (χ0) is 25.1. The number of benzene rings is 2. The molecular formula is C28H29NO6. The van der Waals surface area contributed by atoms with Gasteiger partial charge in [-0.3, -0.25) is 14.5 Å². The zero-order valence-electron chi connectivity index (χ0n) is 20.2. The fourth-order valence-corrected chi connectivity index (χ4v) is 3.92. The first-order valence-electron chi connectivity index (χ1n) is 11.6. The second-order valence-electron chi connectivity index (χ2n) is 9.08. The number of amides is 1. The molecule has 0 spiro atoms. The van der Waals surface area contributed by atoms with Crippen molar-refractivity contribution in [1.29, 1.82) is 0 Å². The fourth-order valence-electron chi connectivity index (χ4n) is 3.92. The molecule has 0 aliphatic carbocycles. The molecule has 2 aromatic carbocycles. The van der Waals surface area contributed by atoms with Crippen LogP contribution in [0.15, 0.2) is 76.9 Å². The van der Waals surface area contributed by atoms with E-state index in [1.54, 1.807) is 60.7 Å².